The number of rotatable bonds is 22. The summed E-state index contributed by atoms with van der Waals surface area (Å²) in [4.78, 5) is 0. The van der Waals surface area contributed by atoms with E-state index in [4.69, 9.17) is 0 Å². The monoisotopic (exact) mass is 532 g/mol. The summed E-state index contributed by atoms with van der Waals surface area (Å²) in [5, 5.41) is 21.9. The zero-order chi connectivity index (χ0) is 28.3. The second kappa shape index (κ2) is 19.6. The summed E-state index contributed by atoms with van der Waals surface area (Å²) >= 11 is 0. The van der Waals surface area contributed by atoms with Gasteiger partial charge in [0.05, 0.1) is 0 Å². The third-order valence-electron chi connectivity index (χ3n) is 7.89. The van der Waals surface area contributed by atoms with Crippen LogP contribution in [0.5, 0.6) is 11.5 Å². The van der Waals surface area contributed by atoms with Crippen molar-refractivity contribution in [3.05, 3.63) is 83.0 Å². The molecule has 0 saturated carbocycles. The summed E-state index contributed by atoms with van der Waals surface area (Å²) in [6, 6.07) is 8.69. The highest BCUT2D eigenvalue weighted by molar-refractivity contribution is 5.49. The third-order valence-corrected chi connectivity index (χ3v) is 7.89. The van der Waals surface area contributed by atoms with Crippen molar-refractivity contribution in [3.63, 3.8) is 0 Å². The average molecular weight is 533 g/mol. The van der Waals surface area contributed by atoms with Crippen LogP contribution in [0.1, 0.15) is 137 Å². The van der Waals surface area contributed by atoms with E-state index in [1.165, 1.54) is 88.2 Å². The maximum Gasteiger partial charge on any atom is 0.122 e. The fraction of sp³-hybridized carbons (Fsp3) is 0.568. The molecule has 0 aliphatic heterocycles. The summed E-state index contributed by atoms with van der Waals surface area (Å²) in [7, 11) is 0. The number of hydrogen-bond donors (Lipinski definition) is 2. The van der Waals surface area contributed by atoms with Gasteiger partial charge in [0.25, 0.3) is 0 Å². The molecule has 0 fully saturated rings. The molecule has 0 atom stereocenters. The van der Waals surface area contributed by atoms with Crippen molar-refractivity contribution in [1.29, 1.82) is 0 Å². The second-order valence-electron chi connectivity index (χ2n) is 11.4. The third kappa shape index (κ3) is 12.1. The van der Waals surface area contributed by atoms with Crippen molar-refractivity contribution in [2.75, 3.05) is 0 Å². The van der Waals surface area contributed by atoms with Crippen LogP contribution in [-0.4, -0.2) is 10.2 Å². The minimum Gasteiger partial charge on any atom is -0.507 e. The van der Waals surface area contributed by atoms with E-state index in [0.717, 1.165) is 54.4 Å². The lowest BCUT2D eigenvalue weighted by Gasteiger charge is -2.15. The van der Waals surface area contributed by atoms with Crippen molar-refractivity contribution < 1.29 is 10.2 Å². The van der Waals surface area contributed by atoms with Gasteiger partial charge in [-0.25, -0.2) is 0 Å². The first-order valence-electron chi connectivity index (χ1n) is 15.9. The molecule has 0 radical (unpaired) electrons. The molecule has 0 amide bonds. The molecule has 0 saturated heterocycles. The van der Waals surface area contributed by atoms with Crippen molar-refractivity contribution in [1.82, 2.24) is 0 Å². The minimum atomic E-state index is 0.447. The fourth-order valence-electron chi connectivity index (χ4n) is 5.65. The van der Waals surface area contributed by atoms with E-state index in [1.54, 1.807) is 0 Å². The lowest BCUT2D eigenvalue weighted by molar-refractivity contribution is 0.460. The molecule has 0 aliphatic rings. The average Bonchev–Trinajstić information content (AvgIpc) is 2.92. The smallest absolute Gasteiger partial charge is 0.122 e. The number of allylic oxidation sites excluding steroid dienone is 2. The Hall–Kier alpha value is -2.48. The van der Waals surface area contributed by atoms with Crippen LogP contribution < -0.4 is 0 Å². The normalized spacial score (nSPS) is 11.1. The fourth-order valence-corrected chi connectivity index (χ4v) is 5.65. The number of phenols is 2. The highest BCUT2D eigenvalue weighted by atomic mass is 16.3. The first-order chi connectivity index (χ1) is 19.0. The molecule has 0 bridgehead atoms. The van der Waals surface area contributed by atoms with Gasteiger partial charge in [0, 0.05) is 0 Å². The Kier molecular flexibility index (Phi) is 16.4. The molecule has 2 aromatic rings. The van der Waals surface area contributed by atoms with Crippen LogP contribution in [0.25, 0.3) is 0 Å². The molecule has 0 spiro atoms. The van der Waals surface area contributed by atoms with E-state index in [1.807, 2.05) is 12.2 Å². The van der Waals surface area contributed by atoms with Crippen LogP contribution in [0.3, 0.4) is 0 Å². The molecule has 2 N–H and O–H groups in total. The first-order valence-corrected chi connectivity index (χ1v) is 15.9. The van der Waals surface area contributed by atoms with Gasteiger partial charge in [0.1, 0.15) is 11.5 Å². The predicted molar refractivity (Wildman–Crippen MR) is 170 cm³/mol. The van der Waals surface area contributed by atoms with Crippen LogP contribution in [0.4, 0.5) is 0 Å². The topological polar surface area (TPSA) is 40.5 Å². The van der Waals surface area contributed by atoms with Gasteiger partial charge in [-0.3, -0.25) is 0 Å². The predicted octanol–water partition coefficient (Wildman–Crippen LogP) is 10.7. The summed E-state index contributed by atoms with van der Waals surface area (Å²) in [5.74, 6) is 0.893. The molecule has 2 nitrogen and oxygen atoms in total. The van der Waals surface area contributed by atoms with E-state index < -0.39 is 0 Å². The van der Waals surface area contributed by atoms with E-state index in [2.05, 4.69) is 51.3 Å². The highest BCUT2D eigenvalue weighted by Crippen LogP contribution is 2.31. The molecular formula is C37H56O2. The number of benzene rings is 2. The Morgan fingerprint density at radius 3 is 1.21 bits per heavy atom. The zero-order valence-corrected chi connectivity index (χ0v) is 25.2. The van der Waals surface area contributed by atoms with E-state index in [0.29, 0.717) is 24.3 Å². The van der Waals surface area contributed by atoms with Gasteiger partial charge in [0.2, 0.25) is 0 Å². The SMILES string of the molecule is C=CCc1cc(Cc2cc(CC=C)c(O)c(CCCCCCCCC)c2)cc(CCCCCCCCC)c1O. The van der Waals surface area contributed by atoms with Gasteiger partial charge in [-0.2, -0.15) is 0 Å². The van der Waals surface area contributed by atoms with Crippen molar-refractivity contribution in [2.45, 2.75) is 136 Å². The van der Waals surface area contributed by atoms with Gasteiger partial charge < -0.3 is 10.2 Å². The standard InChI is InChI=1S/C37H56O2/c1-5-9-11-13-15-17-19-23-34-28-30(26-32(21-7-3)36(34)38)25-31-27-33(22-8-4)37(39)35(29-31)24-20-18-16-14-12-10-6-2/h7-8,26-29,38-39H,3-6,9-25H2,1-2H3. The molecule has 0 aromatic heterocycles. The molecule has 0 aliphatic carbocycles. The zero-order valence-electron chi connectivity index (χ0n) is 25.2. The lowest BCUT2D eigenvalue weighted by atomic mass is 9.92. The van der Waals surface area contributed by atoms with E-state index >= 15 is 0 Å². The molecular weight excluding hydrogens is 476 g/mol. The second-order valence-corrected chi connectivity index (χ2v) is 11.4. The molecule has 0 unspecified atom stereocenters. The van der Waals surface area contributed by atoms with Crippen LogP contribution in [0.15, 0.2) is 49.6 Å². The number of phenolic OH excluding ortho intramolecular Hbond substituents is 2. The maximum absolute atomic E-state index is 11.0. The molecule has 2 heteroatoms. The summed E-state index contributed by atoms with van der Waals surface area (Å²) in [6.45, 7) is 12.3. The molecule has 2 rings (SSSR count). The maximum atomic E-state index is 11.0. The van der Waals surface area contributed by atoms with Gasteiger partial charge in [-0.15, -0.1) is 13.2 Å². The minimum absolute atomic E-state index is 0.447. The first kappa shape index (κ1) is 32.7. The molecule has 0 heterocycles. The number of unbranched alkanes of at least 4 members (excludes halogenated alkanes) is 12. The largest absolute Gasteiger partial charge is 0.507 e. The summed E-state index contributed by atoms with van der Waals surface area (Å²) < 4.78 is 0. The molecule has 216 valence electrons. The number of hydrogen-bond acceptors (Lipinski definition) is 2. The number of aromatic hydroxyl groups is 2. The Bertz CT molecular complexity index is 908. The van der Waals surface area contributed by atoms with Crippen LogP contribution >= 0.6 is 0 Å². The van der Waals surface area contributed by atoms with Crippen LogP contribution in [0.2, 0.25) is 0 Å². The van der Waals surface area contributed by atoms with Crippen molar-refractivity contribution >= 4 is 0 Å². The van der Waals surface area contributed by atoms with E-state index in [9.17, 15) is 10.2 Å². The van der Waals surface area contributed by atoms with Crippen LogP contribution in [0, 0.1) is 0 Å². The lowest BCUT2D eigenvalue weighted by Crippen LogP contribution is -2.00. The van der Waals surface area contributed by atoms with Gasteiger partial charge in [-0.05, 0) is 78.3 Å². The van der Waals surface area contributed by atoms with E-state index in [-0.39, 0.29) is 0 Å². The molecule has 2 aromatic carbocycles. The van der Waals surface area contributed by atoms with Crippen LogP contribution in [-0.2, 0) is 32.1 Å². The Balaban J connectivity index is 2.14. The van der Waals surface area contributed by atoms with Gasteiger partial charge in [0.15, 0.2) is 0 Å². The summed E-state index contributed by atoms with van der Waals surface area (Å²) in [5.41, 5.74) is 6.50. The number of aryl methyl sites for hydroxylation is 2. The molecule has 39 heavy (non-hydrogen) atoms. The Morgan fingerprint density at radius 1 is 0.513 bits per heavy atom. The van der Waals surface area contributed by atoms with Gasteiger partial charge in [-0.1, -0.05) is 127 Å². The Labute approximate surface area is 240 Å². The van der Waals surface area contributed by atoms with Crippen molar-refractivity contribution in [2.24, 2.45) is 0 Å². The highest BCUT2D eigenvalue weighted by Gasteiger charge is 2.13. The van der Waals surface area contributed by atoms with Crippen molar-refractivity contribution in [3.8, 4) is 11.5 Å². The summed E-state index contributed by atoms with van der Waals surface area (Å²) in [6.07, 6.45) is 25.5. The quantitative estimate of drug-likeness (QED) is 0.117. The Morgan fingerprint density at radius 2 is 0.846 bits per heavy atom. The van der Waals surface area contributed by atoms with Gasteiger partial charge >= 0.3 is 0 Å².